The predicted molar refractivity (Wildman–Crippen MR) is 83.4 cm³/mol. The number of hydrogen-bond donors (Lipinski definition) is 1. The van der Waals surface area contributed by atoms with Gasteiger partial charge >= 0.3 is 0 Å². The van der Waals surface area contributed by atoms with Gasteiger partial charge in [-0.15, -0.1) is 0 Å². The van der Waals surface area contributed by atoms with Crippen LogP contribution in [0.2, 0.25) is 0 Å². The average Bonchev–Trinajstić information content (AvgIpc) is 2.45. The number of nitrogens with zero attached hydrogens (tertiary/aromatic N) is 2. The highest BCUT2D eigenvalue weighted by Crippen LogP contribution is 2.20. The largest absolute Gasteiger partial charge is 0.307 e. The summed E-state index contributed by atoms with van der Waals surface area (Å²) in [5.74, 6) is -0.188. The molecule has 3 aromatic rings. The van der Waals surface area contributed by atoms with Crippen LogP contribution in [0.1, 0.15) is 21.6 Å². The summed E-state index contributed by atoms with van der Waals surface area (Å²) in [6.07, 6.45) is 1.64. The number of aryl methyl sites for hydroxylation is 2. The standard InChI is InChI=1S/C17H14FN3O/c1-10-5-6-19-16(7-10)21-17(22)14-8-11(2)20-15-9-12(18)3-4-13(14)15/h3-9H,1-2H3,(H,19,21,22). The Morgan fingerprint density at radius 3 is 2.73 bits per heavy atom. The molecule has 2 aromatic heterocycles. The Kier molecular flexibility index (Phi) is 3.55. The van der Waals surface area contributed by atoms with E-state index in [4.69, 9.17) is 0 Å². The van der Waals surface area contributed by atoms with Gasteiger partial charge < -0.3 is 5.32 Å². The Balaban J connectivity index is 2.03. The number of hydrogen-bond acceptors (Lipinski definition) is 3. The molecule has 110 valence electrons. The van der Waals surface area contributed by atoms with Gasteiger partial charge in [-0.3, -0.25) is 9.78 Å². The molecule has 0 spiro atoms. The van der Waals surface area contributed by atoms with E-state index in [9.17, 15) is 9.18 Å². The van der Waals surface area contributed by atoms with Crippen molar-refractivity contribution in [3.8, 4) is 0 Å². The van der Waals surface area contributed by atoms with Gasteiger partial charge in [0, 0.05) is 23.3 Å². The molecular weight excluding hydrogens is 281 g/mol. The molecule has 0 fully saturated rings. The summed E-state index contributed by atoms with van der Waals surface area (Å²) in [5.41, 5.74) is 2.57. The fourth-order valence-electron chi connectivity index (χ4n) is 2.31. The molecule has 0 bridgehead atoms. The number of rotatable bonds is 2. The van der Waals surface area contributed by atoms with Crippen molar-refractivity contribution in [3.63, 3.8) is 0 Å². The second kappa shape index (κ2) is 5.52. The van der Waals surface area contributed by atoms with Gasteiger partial charge in [-0.25, -0.2) is 9.37 Å². The van der Waals surface area contributed by atoms with E-state index in [1.807, 2.05) is 13.0 Å². The Morgan fingerprint density at radius 2 is 1.95 bits per heavy atom. The lowest BCUT2D eigenvalue weighted by Crippen LogP contribution is -2.14. The van der Waals surface area contributed by atoms with Crippen molar-refractivity contribution in [1.29, 1.82) is 0 Å². The molecule has 4 nitrogen and oxygen atoms in total. The lowest BCUT2D eigenvalue weighted by molar-refractivity contribution is 0.102. The molecule has 0 radical (unpaired) electrons. The van der Waals surface area contributed by atoms with Crippen LogP contribution < -0.4 is 5.32 Å². The maximum atomic E-state index is 13.3. The van der Waals surface area contributed by atoms with Crippen LogP contribution in [0.3, 0.4) is 0 Å². The lowest BCUT2D eigenvalue weighted by Gasteiger charge is -2.09. The van der Waals surface area contributed by atoms with Crippen molar-refractivity contribution in [2.75, 3.05) is 5.32 Å². The second-order valence-electron chi connectivity index (χ2n) is 5.15. The van der Waals surface area contributed by atoms with Crippen LogP contribution in [0.15, 0.2) is 42.6 Å². The van der Waals surface area contributed by atoms with E-state index in [2.05, 4.69) is 15.3 Å². The van der Waals surface area contributed by atoms with Crippen molar-refractivity contribution in [2.45, 2.75) is 13.8 Å². The fourth-order valence-corrected chi connectivity index (χ4v) is 2.31. The number of carbonyl (C=O) groups is 1. The van der Waals surface area contributed by atoms with Gasteiger partial charge in [0.1, 0.15) is 11.6 Å². The molecule has 0 aliphatic carbocycles. The molecule has 0 aliphatic heterocycles. The highest BCUT2D eigenvalue weighted by atomic mass is 19.1. The summed E-state index contributed by atoms with van der Waals surface area (Å²) in [6, 6.07) is 9.53. The van der Waals surface area contributed by atoms with E-state index in [0.29, 0.717) is 28.0 Å². The molecule has 0 saturated carbocycles. The van der Waals surface area contributed by atoms with Crippen LogP contribution in [0.4, 0.5) is 10.2 Å². The Morgan fingerprint density at radius 1 is 1.14 bits per heavy atom. The smallest absolute Gasteiger partial charge is 0.257 e. The first kappa shape index (κ1) is 14.1. The van der Waals surface area contributed by atoms with Crippen molar-refractivity contribution in [2.24, 2.45) is 0 Å². The minimum absolute atomic E-state index is 0.291. The van der Waals surface area contributed by atoms with Crippen LogP contribution in [0.5, 0.6) is 0 Å². The number of aromatic nitrogens is 2. The topological polar surface area (TPSA) is 54.9 Å². The highest BCUT2D eigenvalue weighted by Gasteiger charge is 2.13. The molecule has 0 unspecified atom stereocenters. The van der Waals surface area contributed by atoms with Crippen molar-refractivity contribution >= 4 is 22.6 Å². The number of nitrogens with one attached hydrogen (secondary N) is 1. The third-order valence-corrected chi connectivity index (χ3v) is 3.30. The van der Waals surface area contributed by atoms with E-state index >= 15 is 0 Å². The zero-order valence-electron chi connectivity index (χ0n) is 12.2. The van der Waals surface area contributed by atoms with Gasteiger partial charge in [0.2, 0.25) is 0 Å². The highest BCUT2D eigenvalue weighted by molar-refractivity contribution is 6.12. The predicted octanol–water partition coefficient (Wildman–Crippen LogP) is 3.64. The summed E-state index contributed by atoms with van der Waals surface area (Å²) in [7, 11) is 0. The van der Waals surface area contributed by atoms with Gasteiger partial charge in [0.15, 0.2) is 0 Å². The maximum absolute atomic E-state index is 13.3. The monoisotopic (exact) mass is 295 g/mol. The normalized spacial score (nSPS) is 10.7. The molecule has 0 aliphatic rings. The lowest BCUT2D eigenvalue weighted by atomic mass is 10.1. The third-order valence-electron chi connectivity index (χ3n) is 3.30. The van der Waals surface area contributed by atoms with E-state index in [1.165, 1.54) is 12.1 Å². The first-order valence-corrected chi connectivity index (χ1v) is 6.84. The molecule has 0 saturated heterocycles. The van der Waals surface area contributed by atoms with Gasteiger partial charge in [0.25, 0.3) is 5.91 Å². The molecule has 1 aromatic carbocycles. The molecule has 5 heteroatoms. The summed E-state index contributed by atoms with van der Waals surface area (Å²) >= 11 is 0. The van der Waals surface area contributed by atoms with E-state index in [1.54, 1.807) is 31.3 Å². The zero-order valence-corrected chi connectivity index (χ0v) is 12.2. The quantitative estimate of drug-likeness (QED) is 0.785. The van der Waals surface area contributed by atoms with Crippen LogP contribution in [0, 0.1) is 19.7 Å². The van der Waals surface area contributed by atoms with E-state index in [-0.39, 0.29) is 11.7 Å². The molecular formula is C17H14FN3O. The second-order valence-corrected chi connectivity index (χ2v) is 5.15. The minimum Gasteiger partial charge on any atom is -0.307 e. The van der Waals surface area contributed by atoms with E-state index in [0.717, 1.165) is 5.56 Å². The van der Waals surface area contributed by atoms with Gasteiger partial charge in [-0.2, -0.15) is 0 Å². The van der Waals surface area contributed by atoms with Crippen LogP contribution >= 0.6 is 0 Å². The van der Waals surface area contributed by atoms with Crippen molar-refractivity contribution in [1.82, 2.24) is 9.97 Å². The summed E-state index contributed by atoms with van der Waals surface area (Å²) in [5, 5.41) is 3.37. The summed E-state index contributed by atoms with van der Waals surface area (Å²) in [4.78, 5) is 20.9. The Bertz CT molecular complexity index is 872. The Hall–Kier alpha value is -2.82. The van der Waals surface area contributed by atoms with Gasteiger partial charge in [0.05, 0.1) is 11.1 Å². The number of amides is 1. The van der Waals surface area contributed by atoms with Gasteiger partial charge in [-0.05, 0) is 49.7 Å². The molecule has 1 N–H and O–H groups in total. The summed E-state index contributed by atoms with van der Waals surface area (Å²) < 4.78 is 13.3. The SMILES string of the molecule is Cc1ccnc(NC(=O)c2cc(C)nc3cc(F)ccc23)c1. The average molecular weight is 295 g/mol. The molecule has 0 atom stereocenters. The number of pyridine rings is 2. The fraction of sp³-hybridized carbons (Fsp3) is 0.118. The summed E-state index contributed by atoms with van der Waals surface area (Å²) in [6.45, 7) is 3.69. The number of halogens is 1. The molecule has 22 heavy (non-hydrogen) atoms. The molecule has 1 amide bonds. The number of fused-ring (bicyclic) bond motifs is 1. The number of anilines is 1. The van der Waals surface area contributed by atoms with Crippen molar-refractivity contribution < 1.29 is 9.18 Å². The maximum Gasteiger partial charge on any atom is 0.257 e. The molecule has 3 rings (SSSR count). The minimum atomic E-state index is -0.377. The molecule has 2 heterocycles. The van der Waals surface area contributed by atoms with E-state index < -0.39 is 0 Å². The zero-order chi connectivity index (χ0) is 15.7. The number of benzene rings is 1. The first-order valence-electron chi connectivity index (χ1n) is 6.84. The van der Waals surface area contributed by atoms with Gasteiger partial charge in [-0.1, -0.05) is 0 Å². The van der Waals surface area contributed by atoms with Crippen molar-refractivity contribution in [3.05, 3.63) is 65.2 Å². The van der Waals surface area contributed by atoms with Crippen LogP contribution in [-0.4, -0.2) is 15.9 Å². The third kappa shape index (κ3) is 2.79. The first-order chi connectivity index (χ1) is 10.5. The van der Waals surface area contributed by atoms with Crippen LogP contribution in [-0.2, 0) is 0 Å². The Labute approximate surface area is 127 Å². The number of carbonyl (C=O) groups excluding carboxylic acids is 1. The van der Waals surface area contributed by atoms with Crippen LogP contribution in [0.25, 0.3) is 10.9 Å².